The van der Waals surface area contributed by atoms with Crippen LogP contribution in [0, 0.1) is 0 Å². The number of amides is 1. The average molecular weight is 347 g/mol. The first-order valence-electron chi connectivity index (χ1n) is 6.83. The molecule has 0 radical (unpaired) electrons. The molecule has 23 heavy (non-hydrogen) atoms. The summed E-state index contributed by atoms with van der Waals surface area (Å²) >= 11 is 1.31. The third-order valence-corrected chi connectivity index (χ3v) is 4.51. The number of nitrogens with zero attached hydrogens (tertiary/aromatic N) is 3. The van der Waals surface area contributed by atoms with Crippen LogP contribution in [0.3, 0.4) is 0 Å². The van der Waals surface area contributed by atoms with Gasteiger partial charge in [-0.05, 0) is 25.0 Å². The number of hydrogen-bond donors (Lipinski definition) is 0. The van der Waals surface area contributed by atoms with E-state index in [1.54, 1.807) is 17.9 Å². The van der Waals surface area contributed by atoms with Gasteiger partial charge in [-0.25, -0.2) is 4.79 Å². The molecule has 0 aliphatic carbocycles. The number of ether oxygens (including phenoxy) is 1. The first kappa shape index (κ1) is 15.8. The van der Waals surface area contributed by atoms with Crippen molar-refractivity contribution in [2.45, 2.75) is 26.1 Å². The summed E-state index contributed by atoms with van der Waals surface area (Å²) in [7, 11) is 0. The van der Waals surface area contributed by atoms with Gasteiger partial charge in [0.1, 0.15) is 0 Å². The van der Waals surface area contributed by atoms with Gasteiger partial charge in [0.2, 0.25) is 5.82 Å². The van der Waals surface area contributed by atoms with E-state index in [0.717, 1.165) is 10.4 Å². The predicted octanol–water partition coefficient (Wildman–Crippen LogP) is 3.33. The van der Waals surface area contributed by atoms with E-state index in [1.807, 2.05) is 0 Å². The molecule has 0 spiro atoms. The molecule has 0 atom stereocenters. The van der Waals surface area contributed by atoms with Crippen LogP contribution in [0.15, 0.2) is 10.6 Å². The Bertz CT molecular complexity index is 726. The lowest BCUT2D eigenvalue weighted by Crippen LogP contribution is -2.35. The minimum Gasteiger partial charge on any atom is -0.450 e. The quantitative estimate of drug-likeness (QED) is 0.833. The first-order valence-corrected chi connectivity index (χ1v) is 7.64. The molecule has 2 aromatic rings. The number of thiophene rings is 1. The van der Waals surface area contributed by atoms with Crippen LogP contribution in [0.4, 0.5) is 18.0 Å². The van der Waals surface area contributed by atoms with Gasteiger partial charge < -0.3 is 14.2 Å². The Hall–Kier alpha value is -2.10. The van der Waals surface area contributed by atoms with E-state index in [2.05, 4.69) is 14.7 Å². The standard InChI is InChI=1S/C13H12F3N3O3S/c1-2-21-12(20)19-4-3-8-7(6-19)5-9(23-8)10-17-11(22-18-10)13(14,15)16/h5H,2-4,6H2,1H3. The third kappa shape index (κ3) is 3.16. The van der Waals surface area contributed by atoms with Gasteiger partial charge in [-0.2, -0.15) is 18.2 Å². The minimum atomic E-state index is -4.66. The molecule has 6 nitrogen and oxygen atoms in total. The second-order valence-electron chi connectivity index (χ2n) is 4.85. The minimum absolute atomic E-state index is 0.0978. The van der Waals surface area contributed by atoms with Crippen molar-refractivity contribution in [1.82, 2.24) is 15.0 Å². The van der Waals surface area contributed by atoms with E-state index in [0.29, 0.717) is 31.0 Å². The fourth-order valence-corrected chi connectivity index (χ4v) is 3.34. The van der Waals surface area contributed by atoms with E-state index in [9.17, 15) is 18.0 Å². The molecule has 1 amide bonds. The summed E-state index contributed by atoms with van der Waals surface area (Å²) in [6, 6.07) is 1.69. The molecule has 0 saturated carbocycles. The molecule has 3 rings (SSSR count). The van der Waals surface area contributed by atoms with E-state index >= 15 is 0 Å². The van der Waals surface area contributed by atoms with Gasteiger partial charge >= 0.3 is 18.2 Å². The van der Waals surface area contributed by atoms with Crippen molar-refractivity contribution < 1.29 is 27.2 Å². The Labute approximate surface area is 132 Å². The molecule has 3 heterocycles. The van der Waals surface area contributed by atoms with Crippen LogP contribution < -0.4 is 0 Å². The maximum Gasteiger partial charge on any atom is 0.471 e. The van der Waals surface area contributed by atoms with Crippen molar-refractivity contribution in [3.05, 3.63) is 22.4 Å². The Morgan fingerprint density at radius 1 is 1.52 bits per heavy atom. The molecule has 0 aromatic carbocycles. The van der Waals surface area contributed by atoms with Crippen molar-refractivity contribution in [3.8, 4) is 10.7 Å². The summed E-state index contributed by atoms with van der Waals surface area (Å²) < 4.78 is 46.7. The van der Waals surface area contributed by atoms with Crippen LogP contribution in [0.1, 0.15) is 23.3 Å². The summed E-state index contributed by atoms with van der Waals surface area (Å²) in [4.78, 5) is 18.2. The van der Waals surface area contributed by atoms with E-state index < -0.39 is 18.2 Å². The Morgan fingerprint density at radius 3 is 2.96 bits per heavy atom. The fraction of sp³-hybridized carbons (Fsp3) is 0.462. The number of aromatic nitrogens is 2. The van der Waals surface area contributed by atoms with Crippen molar-refractivity contribution in [2.75, 3.05) is 13.2 Å². The highest BCUT2D eigenvalue weighted by atomic mass is 32.1. The fourth-order valence-electron chi connectivity index (χ4n) is 2.25. The first-order chi connectivity index (χ1) is 10.9. The third-order valence-electron chi connectivity index (χ3n) is 3.28. The van der Waals surface area contributed by atoms with Gasteiger partial charge in [0, 0.05) is 11.4 Å². The maximum atomic E-state index is 12.5. The Balaban J connectivity index is 1.81. The Kier molecular flexibility index (Phi) is 4.00. The second-order valence-corrected chi connectivity index (χ2v) is 5.99. The summed E-state index contributed by atoms with van der Waals surface area (Å²) in [6.07, 6.45) is -4.45. The normalized spacial score (nSPS) is 14.7. The van der Waals surface area contributed by atoms with E-state index in [1.165, 1.54) is 11.3 Å². The van der Waals surface area contributed by atoms with Crippen molar-refractivity contribution in [1.29, 1.82) is 0 Å². The topological polar surface area (TPSA) is 68.5 Å². The number of rotatable bonds is 2. The molecule has 0 saturated heterocycles. The van der Waals surface area contributed by atoms with E-state index in [4.69, 9.17) is 4.74 Å². The van der Waals surface area contributed by atoms with Crippen molar-refractivity contribution >= 4 is 17.4 Å². The lowest BCUT2D eigenvalue weighted by molar-refractivity contribution is -0.159. The average Bonchev–Trinajstić information content (AvgIpc) is 3.12. The molecule has 124 valence electrons. The largest absolute Gasteiger partial charge is 0.471 e. The summed E-state index contributed by atoms with van der Waals surface area (Å²) in [6.45, 7) is 2.88. The summed E-state index contributed by atoms with van der Waals surface area (Å²) in [5.74, 6) is -1.47. The van der Waals surface area contributed by atoms with Crippen LogP contribution in [-0.2, 0) is 23.9 Å². The second kappa shape index (κ2) is 5.84. The highest BCUT2D eigenvalue weighted by Gasteiger charge is 2.38. The lowest BCUT2D eigenvalue weighted by Gasteiger charge is -2.25. The molecule has 0 N–H and O–H groups in total. The molecule has 1 aliphatic rings. The molecular weight excluding hydrogens is 335 g/mol. The van der Waals surface area contributed by atoms with Crippen molar-refractivity contribution in [2.24, 2.45) is 0 Å². The highest BCUT2D eigenvalue weighted by molar-refractivity contribution is 7.15. The molecule has 1 aliphatic heterocycles. The van der Waals surface area contributed by atoms with Gasteiger partial charge in [0.15, 0.2) is 0 Å². The number of hydrogen-bond acceptors (Lipinski definition) is 6. The maximum absolute atomic E-state index is 12.5. The molecule has 0 unspecified atom stereocenters. The zero-order valence-electron chi connectivity index (χ0n) is 12.0. The number of fused-ring (bicyclic) bond motifs is 1. The molecule has 0 bridgehead atoms. The zero-order valence-corrected chi connectivity index (χ0v) is 12.8. The molecular formula is C13H12F3N3O3S. The van der Waals surface area contributed by atoms with Crippen molar-refractivity contribution in [3.63, 3.8) is 0 Å². The number of alkyl halides is 3. The predicted molar refractivity (Wildman–Crippen MR) is 73.7 cm³/mol. The molecule has 0 fully saturated rings. The SMILES string of the molecule is CCOC(=O)N1CCc2sc(-c3noc(C(F)(F)F)n3)cc2C1. The number of carbonyl (C=O) groups excluding carboxylic acids is 1. The van der Waals surface area contributed by atoms with E-state index in [-0.39, 0.29) is 5.82 Å². The number of halogens is 3. The van der Waals surface area contributed by atoms with Gasteiger partial charge in [0.05, 0.1) is 18.0 Å². The highest BCUT2D eigenvalue weighted by Crippen LogP contribution is 2.35. The van der Waals surface area contributed by atoms with Gasteiger partial charge in [-0.3, -0.25) is 0 Å². The monoisotopic (exact) mass is 347 g/mol. The summed E-state index contributed by atoms with van der Waals surface area (Å²) in [5, 5.41) is 3.38. The van der Waals surface area contributed by atoms with Crippen LogP contribution in [0.25, 0.3) is 10.7 Å². The summed E-state index contributed by atoms with van der Waals surface area (Å²) in [5.41, 5.74) is 0.864. The number of carbonyl (C=O) groups is 1. The van der Waals surface area contributed by atoms with Crippen LogP contribution in [0.2, 0.25) is 0 Å². The van der Waals surface area contributed by atoms with Gasteiger partial charge in [-0.15, -0.1) is 11.3 Å². The zero-order chi connectivity index (χ0) is 16.6. The smallest absolute Gasteiger partial charge is 0.450 e. The van der Waals surface area contributed by atoms with Crippen LogP contribution in [-0.4, -0.2) is 34.3 Å². The molecule has 2 aromatic heterocycles. The van der Waals surface area contributed by atoms with Crippen LogP contribution >= 0.6 is 11.3 Å². The Morgan fingerprint density at radius 2 is 2.30 bits per heavy atom. The van der Waals surface area contributed by atoms with Gasteiger partial charge in [-0.1, -0.05) is 5.16 Å². The van der Waals surface area contributed by atoms with Gasteiger partial charge in [0.25, 0.3) is 0 Å². The lowest BCUT2D eigenvalue weighted by atomic mass is 10.1. The van der Waals surface area contributed by atoms with Crippen LogP contribution in [0.5, 0.6) is 0 Å². The molecule has 10 heteroatoms.